The van der Waals surface area contributed by atoms with Crippen molar-refractivity contribution >= 4 is 11.7 Å². The quantitative estimate of drug-likeness (QED) is 0.283. The molecule has 1 heterocycles. The van der Waals surface area contributed by atoms with Gasteiger partial charge in [0, 0.05) is 17.7 Å². The zero-order chi connectivity index (χ0) is 21.5. The second-order valence-corrected chi connectivity index (χ2v) is 6.98. The van der Waals surface area contributed by atoms with E-state index in [4.69, 9.17) is 9.15 Å². The van der Waals surface area contributed by atoms with Crippen molar-refractivity contribution in [1.82, 2.24) is 10.2 Å². The van der Waals surface area contributed by atoms with Crippen LogP contribution in [-0.2, 0) is 22.4 Å². The van der Waals surface area contributed by atoms with E-state index >= 15 is 0 Å². The predicted octanol–water partition coefficient (Wildman–Crippen LogP) is 4.83. The summed E-state index contributed by atoms with van der Waals surface area (Å²) in [7, 11) is 0. The summed E-state index contributed by atoms with van der Waals surface area (Å²) in [4.78, 5) is 22.5. The Morgan fingerprint density at radius 2 is 1.77 bits per heavy atom. The monoisotopic (exact) mass is 409 g/mol. The number of nitrogens with zero attached hydrogens (tertiary/aromatic N) is 3. The molecule has 0 radical (unpaired) electrons. The molecule has 0 saturated heterocycles. The van der Waals surface area contributed by atoms with Gasteiger partial charge in [-0.3, -0.25) is 14.9 Å². The average Bonchev–Trinajstić information content (AvgIpc) is 3.24. The predicted molar refractivity (Wildman–Crippen MR) is 110 cm³/mol. The highest BCUT2D eigenvalue weighted by Crippen LogP contribution is 2.24. The van der Waals surface area contributed by atoms with E-state index in [0.717, 1.165) is 24.8 Å². The Morgan fingerprint density at radius 1 is 1.10 bits per heavy atom. The molecule has 0 saturated carbocycles. The number of non-ortho nitro benzene ring substituents is 1. The molecule has 8 nitrogen and oxygen atoms in total. The Bertz CT molecular complexity index is 996. The molecule has 0 fully saturated rings. The van der Waals surface area contributed by atoms with Crippen LogP contribution in [0.25, 0.3) is 11.5 Å². The standard InChI is InChI=1S/C22H23N3O5/c1-3-4-5-16-6-8-17(9-7-16)14-20(26)29-15(2)21-23-24-22(30-21)18-10-12-19(13-11-18)25(27)28/h6-13,15H,3-5,14H2,1-2H3/t15-/m1/s1. The third-order valence-electron chi connectivity index (χ3n) is 4.61. The van der Waals surface area contributed by atoms with E-state index in [0.29, 0.717) is 5.56 Å². The van der Waals surface area contributed by atoms with Gasteiger partial charge in [0.1, 0.15) is 0 Å². The van der Waals surface area contributed by atoms with E-state index in [9.17, 15) is 14.9 Å². The van der Waals surface area contributed by atoms with Gasteiger partial charge < -0.3 is 9.15 Å². The maximum atomic E-state index is 12.3. The molecule has 0 spiro atoms. The second-order valence-electron chi connectivity index (χ2n) is 6.98. The number of benzene rings is 2. The van der Waals surface area contributed by atoms with Crippen LogP contribution in [0.3, 0.4) is 0 Å². The Morgan fingerprint density at radius 3 is 2.40 bits per heavy atom. The van der Waals surface area contributed by atoms with Gasteiger partial charge >= 0.3 is 5.97 Å². The molecule has 0 unspecified atom stereocenters. The van der Waals surface area contributed by atoms with Crippen LogP contribution in [0.4, 0.5) is 5.69 Å². The number of carbonyl (C=O) groups is 1. The fraction of sp³-hybridized carbons (Fsp3) is 0.318. The molecule has 1 atom stereocenters. The minimum absolute atomic E-state index is 0.0285. The van der Waals surface area contributed by atoms with Crippen LogP contribution in [0.2, 0.25) is 0 Å². The first kappa shape index (κ1) is 21.2. The van der Waals surface area contributed by atoms with Gasteiger partial charge in [0.2, 0.25) is 5.89 Å². The lowest BCUT2D eigenvalue weighted by atomic mass is 10.1. The van der Waals surface area contributed by atoms with Crippen LogP contribution >= 0.6 is 0 Å². The minimum Gasteiger partial charge on any atom is -0.452 e. The third kappa shape index (κ3) is 5.50. The zero-order valence-corrected chi connectivity index (χ0v) is 16.9. The Kier molecular flexibility index (Phi) is 6.90. The number of esters is 1. The molecule has 3 rings (SSSR count). The summed E-state index contributed by atoms with van der Waals surface area (Å²) in [6.45, 7) is 3.81. The first-order valence-corrected chi connectivity index (χ1v) is 9.81. The van der Waals surface area contributed by atoms with E-state index in [2.05, 4.69) is 17.1 Å². The summed E-state index contributed by atoms with van der Waals surface area (Å²) in [5.41, 5.74) is 2.65. The molecule has 0 aliphatic carbocycles. The molecule has 30 heavy (non-hydrogen) atoms. The molecular weight excluding hydrogens is 386 g/mol. The maximum Gasteiger partial charge on any atom is 0.311 e. The van der Waals surface area contributed by atoms with Gasteiger partial charge in [-0.25, -0.2) is 0 Å². The fourth-order valence-electron chi connectivity index (χ4n) is 2.90. The summed E-state index contributed by atoms with van der Waals surface area (Å²) in [6.07, 6.45) is 2.77. The lowest BCUT2D eigenvalue weighted by Gasteiger charge is -2.09. The number of carbonyl (C=O) groups excluding carboxylic acids is 1. The normalized spacial score (nSPS) is 11.8. The van der Waals surface area contributed by atoms with Gasteiger partial charge in [-0.15, -0.1) is 10.2 Å². The van der Waals surface area contributed by atoms with E-state index < -0.39 is 11.0 Å². The second kappa shape index (κ2) is 9.78. The van der Waals surface area contributed by atoms with Crippen LogP contribution in [-0.4, -0.2) is 21.1 Å². The number of unbranched alkanes of at least 4 members (excludes halogenated alkanes) is 1. The summed E-state index contributed by atoms with van der Waals surface area (Å²) >= 11 is 0. The number of hydrogen-bond acceptors (Lipinski definition) is 7. The minimum atomic E-state index is -0.708. The molecule has 1 aromatic heterocycles. The van der Waals surface area contributed by atoms with E-state index in [1.807, 2.05) is 24.3 Å². The van der Waals surface area contributed by atoms with Crippen LogP contribution in [0.1, 0.15) is 49.8 Å². The summed E-state index contributed by atoms with van der Waals surface area (Å²) in [6, 6.07) is 13.7. The largest absolute Gasteiger partial charge is 0.452 e. The van der Waals surface area contributed by atoms with Gasteiger partial charge in [-0.2, -0.15) is 0 Å². The summed E-state index contributed by atoms with van der Waals surface area (Å²) in [5.74, 6) is -0.0315. The molecule has 0 N–H and O–H groups in total. The van der Waals surface area contributed by atoms with Crippen molar-refractivity contribution in [2.45, 2.75) is 45.6 Å². The first-order valence-electron chi connectivity index (χ1n) is 9.81. The van der Waals surface area contributed by atoms with Gasteiger partial charge in [0.05, 0.1) is 11.3 Å². The number of ether oxygens (including phenoxy) is 1. The van der Waals surface area contributed by atoms with Crippen molar-refractivity contribution < 1.29 is 18.9 Å². The number of hydrogen-bond donors (Lipinski definition) is 0. The summed E-state index contributed by atoms with van der Waals surface area (Å²) in [5, 5.41) is 18.6. The van der Waals surface area contributed by atoms with Gasteiger partial charge in [0.25, 0.3) is 11.6 Å². The third-order valence-corrected chi connectivity index (χ3v) is 4.61. The lowest BCUT2D eigenvalue weighted by Crippen LogP contribution is -2.11. The smallest absolute Gasteiger partial charge is 0.311 e. The zero-order valence-electron chi connectivity index (χ0n) is 16.9. The number of nitro groups is 1. The maximum absolute atomic E-state index is 12.3. The molecular formula is C22H23N3O5. The number of aromatic nitrogens is 2. The highest BCUT2D eigenvalue weighted by Gasteiger charge is 2.19. The molecule has 3 aromatic rings. The molecule has 8 heteroatoms. The SMILES string of the molecule is CCCCc1ccc(CC(=O)O[C@H](C)c2nnc(-c3ccc([N+](=O)[O-])cc3)o2)cc1. The fourth-order valence-corrected chi connectivity index (χ4v) is 2.90. The van der Waals surface area contributed by atoms with Crippen molar-refractivity contribution in [1.29, 1.82) is 0 Å². The number of aryl methyl sites for hydroxylation is 1. The number of nitro benzene ring substituents is 1. The lowest BCUT2D eigenvalue weighted by molar-refractivity contribution is -0.384. The average molecular weight is 409 g/mol. The van der Waals surface area contributed by atoms with Crippen LogP contribution in [0.15, 0.2) is 52.9 Å². The molecule has 0 amide bonds. The van der Waals surface area contributed by atoms with E-state index in [-0.39, 0.29) is 29.9 Å². The van der Waals surface area contributed by atoms with Crippen LogP contribution < -0.4 is 0 Å². The van der Waals surface area contributed by atoms with Gasteiger partial charge in [-0.05, 0) is 43.0 Å². The summed E-state index contributed by atoms with van der Waals surface area (Å²) < 4.78 is 11.0. The van der Waals surface area contributed by atoms with E-state index in [1.165, 1.54) is 29.8 Å². The highest BCUT2D eigenvalue weighted by atomic mass is 16.6. The molecule has 2 aromatic carbocycles. The van der Waals surface area contributed by atoms with Crippen molar-refractivity contribution in [3.63, 3.8) is 0 Å². The van der Waals surface area contributed by atoms with Crippen LogP contribution in [0.5, 0.6) is 0 Å². The van der Waals surface area contributed by atoms with E-state index in [1.54, 1.807) is 6.92 Å². The van der Waals surface area contributed by atoms with Gasteiger partial charge in [-0.1, -0.05) is 37.6 Å². The Balaban J connectivity index is 1.57. The van der Waals surface area contributed by atoms with Crippen molar-refractivity contribution in [3.8, 4) is 11.5 Å². The highest BCUT2D eigenvalue weighted by molar-refractivity contribution is 5.72. The van der Waals surface area contributed by atoms with Crippen molar-refractivity contribution in [2.24, 2.45) is 0 Å². The topological polar surface area (TPSA) is 108 Å². The van der Waals surface area contributed by atoms with Crippen LogP contribution in [0, 0.1) is 10.1 Å². The molecule has 0 aliphatic heterocycles. The number of rotatable bonds is 9. The van der Waals surface area contributed by atoms with Crippen molar-refractivity contribution in [3.05, 3.63) is 75.7 Å². The van der Waals surface area contributed by atoms with Gasteiger partial charge in [0.15, 0.2) is 6.10 Å². The Labute approximate surface area is 174 Å². The molecule has 156 valence electrons. The first-order chi connectivity index (χ1) is 14.5. The Hall–Kier alpha value is -3.55. The molecule has 0 aliphatic rings. The van der Waals surface area contributed by atoms with Crippen molar-refractivity contribution in [2.75, 3.05) is 0 Å². The molecule has 0 bridgehead atoms.